The van der Waals surface area contributed by atoms with E-state index >= 15 is 0 Å². The van der Waals surface area contributed by atoms with Crippen molar-refractivity contribution in [2.45, 2.75) is 26.1 Å². The molecule has 1 aromatic carbocycles. The van der Waals surface area contributed by atoms with Crippen LogP contribution in [-0.2, 0) is 6.18 Å². The Hall–Kier alpha value is -1.76. The fourth-order valence-corrected chi connectivity index (χ4v) is 1.85. The van der Waals surface area contributed by atoms with E-state index in [1.165, 1.54) is 24.1 Å². The van der Waals surface area contributed by atoms with Crippen LogP contribution in [0.15, 0.2) is 18.2 Å². The second kappa shape index (κ2) is 6.80. The lowest BCUT2D eigenvalue weighted by atomic mass is 10.0. The molecule has 0 aliphatic carbocycles. The van der Waals surface area contributed by atoms with Crippen molar-refractivity contribution in [3.63, 3.8) is 0 Å². The van der Waals surface area contributed by atoms with E-state index in [1.54, 1.807) is 13.8 Å². The van der Waals surface area contributed by atoms with Gasteiger partial charge < -0.3 is 15.3 Å². The van der Waals surface area contributed by atoms with E-state index in [4.69, 9.17) is 5.11 Å². The number of benzene rings is 1. The maximum atomic E-state index is 13.0. The summed E-state index contributed by atoms with van der Waals surface area (Å²) in [7, 11) is 1.44. The minimum absolute atomic E-state index is 0.0607. The largest absolute Gasteiger partial charge is 0.418 e. The molecule has 0 aromatic heterocycles. The fraction of sp³-hybridized carbons (Fsp3) is 0.500. The zero-order chi connectivity index (χ0) is 16.2. The molecule has 0 saturated carbocycles. The van der Waals surface area contributed by atoms with E-state index in [0.29, 0.717) is 0 Å². The molecule has 4 nitrogen and oxygen atoms in total. The van der Waals surface area contributed by atoms with Crippen molar-refractivity contribution in [1.29, 1.82) is 0 Å². The monoisotopic (exact) mass is 304 g/mol. The van der Waals surface area contributed by atoms with Crippen LogP contribution in [0, 0.1) is 0 Å². The predicted molar refractivity (Wildman–Crippen MR) is 74.2 cm³/mol. The van der Waals surface area contributed by atoms with Crippen LogP contribution in [0.1, 0.15) is 29.8 Å². The van der Waals surface area contributed by atoms with Gasteiger partial charge in [-0.25, -0.2) is 0 Å². The van der Waals surface area contributed by atoms with Gasteiger partial charge in [0.1, 0.15) is 0 Å². The van der Waals surface area contributed by atoms with Crippen LogP contribution >= 0.6 is 0 Å². The minimum Gasteiger partial charge on any atom is -0.394 e. The van der Waals surface area contributed by atoms with Crippen LogP contribution in [0.25, 0.3) is 0 Å². The smallest absolute Gasteiger partial charge is 0.394 e. The molecule has 2 N–H and O–H groups in total. The highest BCUT2D eigenvalue weighted by Gasteiger charge is 2.35. The van der Waals surface area contributed by atoms with Crippen molar-refractivity contribution in [3.05, 3.63) is 29.3 Å². The normalized spacial score (nSPS) is 12.9. The van der Waals surface area contributed by atoms with Crippen LogP contribution in [0.3, 0.4) is 0 Å². The van der Waals surface area contributed by atoms with Crippen LogP contribution in [0.4, 0.5) is 18.9 Å². The molecule has 1 aromatic rings. The van der Waals surface area contributed by atoms with Crippen molar-refractivity contribution < 1.29 is 23.1 Å². The van der Waals surface area contributed by atoms with Gasteiger partial charge in [-0.1, -0.05) is 6.07 Å². The van der Waals surface area contributed by atoms with Crippen molar-refractivity contribution in [2.24, 2.45) is 0 Å². The molecule has 0 aliphatic rings. The van der Waals surface area contributed by atoms with Gasteiger partial charge in [0.05, 0.1) is 29.5 Å². The van der Waals surface area contributed by atoms with Crippen molar-refractivity contribution >= 4 is 11.6 Å². The molecular formula is C14H19F3N2O2. The van der Waals surface area contributed by atoms with Gasteiger partial charge in [-0.15, -0.1) is 0 Å². The summed E-state index contributed by atoms with van der Waals surface area (Å²) in [5.74, 6) is -0.571. The molecule has 0 bridgehead atoms. The van der Waals surface area contributed by atoms with Gasteiger partial charge in [-0.2, -0.15) is 13.2 Å². The van der Waals surface area contributed by atoms with Crippen LogP contribution in [0.2, 0.25) is 0 Å². The first kappa shape index (κ1) is 17.3. The molecule has 0 saturated heterocycles. The summed E-state index contributed by atoms with van der Waals surface area (Å²) in [5, 5.41) is 11.7. The van der Waals surface area contributed by atoms with Gasteiger partial charge in [-0.3, -0.25) is 4.79 Å². The summed E-state index contributed by atoms with van der Waals surface area (Å²) in [6.45, 7) is 3.25. The lowest BCUT2D eigenvalue weighted by molar-refractivity contribution is -0.137. The Kier molecular flexibility index (Phi) is 5.60. The third-order valence-electron chi connectivity index (χ3n) is 3.20. The van der Waals surface area contributed by atoms with Crippen molar-refractivity contribution in [2.75, 3.05) is 25.5 Å². The number of aliphatic hydroxyl groups excluding tert-OH is 1. The Bertz CT molecular complexity index is 503. The fourth-order valence-electron chi connectivity index (χ4n) is 1.85. The molecule has 7 heteroatoms. The highest BCUT2D eigenvalue weighted by Crippen LogP contribution is 2.37. The zero-order valence-electron chi connectivity index (χ0n) is 12.2. The molecule has 1 rings (SSSR count). The molecule has 1 amide bonds. The van der Waals surface area contributed by atoms with Gasteiger partial charge in [0, 0.05) is 13.6 Å². The highest BCUT2D eigenvalue weighted by molar-refractivity contribution is 6.00. The summed E-state index contributed by atoms with van der Waals surface area (Å²) in [6.07, 6.45) is -4.55. The number of hydrogen-bond donors (Lipinski definition) is 2. The standard InChI is InChI=1S/C14H19F3N2O2/c1-4-18-12-10(13(21)19(3)9(2)8-20)6-5-7-11(12)14(15,16)17/h5-7,9,18,20H,4,8H2,1-3H3. The molecule has 0 radical (unpaired) electrons. The molecule has 1 unspecified atom stereocenters. The molecule has 1 atom stereocenters. The summed E-state index contributed by atoms with van der Waals surface area (Å²) in [4.78, 5) is 13.5. The lowest BCUT2D eigenvalue weighted by Crippen LogP contribution is -2.37. The van der Waals surface area contributed by atoms with Crippen LogP contribution < -0.4 is 5.32 Å². The number of aliphatic hydroxyl groups is 1. The van der Waals surface area contributed by atoms with E-state index in [1.807, 2.05) is 0 Å². The van der Waals surface area contributed by atoms with Gasteiger partial charge in [0.2, 0.25) is 0 Å². The number of nitrogens with zero attached hydrogens (tertiary/aromatic N) is 1. The van der Waals surface area contributed by atoms with Crippen molar-refractivity contribution in [3.8, 4) is 0 Å². The first-order valence-electron chi connectivity index (χ1n) is 6.56. The van der Waals surface area contributed by atoms with E-state index < -0.39 is 23.7 Å². The molecule has 0 fully saturated rings. The SMILES string of the molecule is CCNc1c(C(=O)N(C)C(C)CO)cccc1C(F)(F)F. The Balaban J connectivity index is 3.32. The van der Waals surface area contributed by atoms with Gasteiger partial charge in [0.25, 0.3) is 5.91 Å². The van der Waals surface area contributed by atoms with Gasteiger partial charge in [-0.05, 0) is 26.0 Å². The van der Waals surface area contributed by atoms with E-state index in [2.05, 4.69) is 5.32 Å². The lowest BCUT2D eigenvalue weighted by Gasteiger charge is -2.25. The number of carbonyl (C=O) groups is 1. The molecule has 118 valence electrons. The van der Waals surface area contributed by atoms with Gasteiger partial charge >= 0.3 is 6.18 Å². The Morgan fingerprint density at radius 3 is 2.52 bits per heavy atom. The maximum absolute atomic E-state index is 13.0. The molecular weight excluding hydrogens is 285 g/mol. The number of likely N-dealkylation sites (N-methyl/N-ethyl adjacent to an activating group) is 1. The first-order valence-corrected chi connectivity index (χ1v) is 6.56. The second-order valence-corrected chi connectivity index (χ2v) is 4.70. The molecule has 0 aliphatic heterocycles. The number of amides is 1. The molecule has 21 heavy (non-hydrogen) atoms. The number of carbonyl (C=O) groups excluding carboxylic acids is 1. The Morgan fingerprint density at radius 2 is 2.05 bits per heavy atom. The number of anilines is 1. The van der Waals surface area contributed by atoms with Crippen LogP contribution in [-0.4, -0.2) is 42.2 Å². The van der Waals surface area contributed by atoms with Crippen molar-refractivity contribution in [1.82, 2.24) is 4.90 Å². The van der Waals surface area contributed by atoms with Crippen LogP contribution in [0.5, 0.6) is 0 Å². The second-order valence-electron chi connectivity index (χ2n) is 4.70. The average molecular weight is 304 g/mol. The summed E-state index contributed by atoms with van der Waals surface area (Å²) in [5.41, 5.74) is -1.16. The number of alkyl halides is 3. The predicted octanol–water partition coefficient (Wildman–Crippen LogP) is 2.59. The third-order valence-corrected chi connectivity index (χ3v) is 3.20. The Labute approximate surface area is 121 Å². The van der Waals surface area contributed by atoms with E-state index in [9.17, 15) is 18.0 Å². The topological polar surface area (TPSA) is 52.6 Å². The zero-order valence-corrected chi connectivity index (χ0v) is 12.2. The maximum Gasteiger partial charge on any atom is 0.418 e. The van der Waals surface area contributed by atoms with Gasteiger partial charge in [0.15, 0.2) is 0 Å². The van der Waals surface area contributed by atoms with E-state index in [-0.39, 0.29) is 24.4 Å². The third kappa shape index (κ3) is 3.87. The summed E-state index contributed by atoms with van der Waals surface area (Å²) < 4.78 is 39.1. The summed E-state index contributed by atoms with van der Waals surface area (Å²) >= 11 is 0. The minimum atomic E-state index is -4.55. The first-order chi connectivity index (χ1) is 9.73. The number of rotatable bonds is 5. The highest BCUT2D eigenvalue weighted by atomic mass is 19.4. The quantitative estimate of drug-likeness (QED) is 0.879. The molecule has 0 spiro atoms. The number of para-hydroxylation sites is 1. The number of hydrogen-bond acceptors (Lipinski definition) is 3. The summed E-state index contributed by atoms with van der Waals surface area (Å²) in [6, 6.07) is 3.00. The number of halogens is 3. The van der Waals surface area contributed by atoms with E-state index in [0.717, 1.165) is 6.07 Å². The Morgan fingerprint density at radius 1 is 1.43 bits per heavy atom. The average Bonchev–Trinajstić information content (AvgIpc) is 2.44. The number of nitrogens with one attached hydrogen (secondary N) is 1. The molecule has 0 heterocycles.